The number of carbonyl (C=O) groups is 2. The van der Waals surface area contributed by atoms with Crippen LogP contribution in [0.25, 0.3) is 10.8 Å². The lowest BCUT2D eigenvalue weighted by atomic mass is 10.0. The smallest absolute Gasteiger partial charge is 0.328 e. The van der Waals surface area contributed by atoms with Crippen LogP contribution in [-0.4, -0.2) is 36.7 Å². The number of nitrogens with one attached hydrogen (secondary N) is 1. The zero-order valence-electron chi connectivity index (χ0n) is 13.5. The first-order valence-corrected chi connectivity index (χ1v) is 8.50. The minimum absolute atomic E-state index is 0. The van der Waals surface area contributed by atoms with Crippen LogP contribution < -0.4 is 11.1 Å². The molecule has 1 amide bonds. The Morgan fingerprint density at radius 2 is 1.88 bits per heavy atom. The van der Waals surface area contributed by atoms with E-state index < -0.39 is 12.0 Å². The minimum atomic E-state index is -0.770. The first-order valence-electron chi connectivity index (χ1n) is 7.21. The second-order valence-corrected chi connectivity index (χ2v) is 6.16. The Hall–Kier alpha value is -1.76. The Balaban J connectivity index is 0.00000288. The summed E-state index contributed by atoms with van der Waals surface area (Å²) in [4.78, 5) is 24.5. The van der Waals surface area contributed by atoms with Crippen molar-refractivity contribution in [3.05, 3.63) is 48.0 Å². The number of carbonyl (C=O) groups excluding carboxylic acids is 2. The fourth-order valence-corrected chi connectivity index (χ4v) is 2.73. The van der Waals surface area contributed by atoms with Crippen LogP contribution in [0.5, 0.6) is 0 Å². The van der Waals surface area contributed by atoms with Gasteiger partial charge in [0, 0.05) is 12.0 Å². The summed E-state index contributed by atoms with van der Waals surface area (Å²) in [5.41, 5.74) is 6.40. The van der Waals surface area contributed by atoms with Crippen LogP contribution >= 0.6 is 24.2 Å². The normalized spacial score (nSPS) is 12.8. The van der Waals surface area contributed by atoms with Gasteiger partial charge in [0.1, 0.15) is 6.04 Å². The van der Waals surface area contributed by atoms with Crippen molar-refractivity contribution in [1.29, 1.82) is 0 Å². The van der Waals surface area contributed by atoms with E-state index in [9.17, 15) is 9.59 Å². The molecule has 0 aromatic heterocycles. The number of fused-ring (bicyclic) bond motifs is 1. The topological polar surface area (TPSA) is 81.4 Å². The lowest BCUT2D eigenvalue weighted by Crippen LogP contribution is -2.44. The first-order chi connectivity index (χ1) is 11.1. The second-order valence-electron chi connectivity index (χ2n) is 5.09. The van der Waals surface area contributed by atoms with E-state index in [0.29, 0.717) is 12.0 Å². The molecule has 0 aliphatic carbocycles. The number of methoxy groups -OCH3 is 1. The quantitative estimate of drug-likeness (QED) is 0.605. The maximum absolute atomic E-state index is 12.6. The molecule has 0 heterocycles. The molecular weight excluding hydrogens is 348 g/mol. The number of rotatable bonds is 6. The van der Waals surface area contributed by atoms with E-state index in [1.54, 1.807) is 6.07 Å². The molecule has 0 bridgehead atoms. The number of hydrogen-bond donors (Lipinski definition) is 2. The van der Waals surface area contributed by atoms with Crippen molar-refractivity contribution in [2.24, 2.45) is 5.73 Å². The number of thioether (sulfide) groups is 1. The third-order valence-electron chi connectivity index (χ3n) is 3.60. The summed E-state index contributed by atoms with van der Waals surface area (Å²) in [5, 5.41) is 4.28. The van der Waals surface area contributed by atoms with Crippen molar-refractivity contribution in [2.75, 3.05) is 13.4 Å². The summed E-state index contributed by atoms with van der Waals surface area (Å²) in [7, 11) is 1.30. The molecule has 7 heteroatoms. The molecule has 24 heavy (non-hydrogen) atoms. The van der Waals surface area contributed by atoms with Crippen LogP contribution in [0, 0.1) is 0 Å². The van der Waals surface area contributed by atoms with Crippen molar-refractivity contribution in [3.63, 3.8) is 0 Å². The monoisotopic (exact) mass is 368 g/mol. The summed E-state index contributed by atoms with van der Waals surface area (Å²) in [5.74, 6) is -0.811. The Bertz CT molecular complexity index is 706. The second kappa shape index (κ2) is 9.52. The Morgan fingerprint density at radius 1 is 1.21 bits per heavy atom. The minimum Gasteiger partial charge on any atom is -0.467 e. The molecule has 0 aliphatic rings. The number of ether oxygens (including phenoxy) is 1. The van der Waals surface area contributed by atoms with Crippen LogP contribution in [0.2, 0.25) is 0 Å². The van der Waals surface area contributed by atoms with Gasteiger partial charge in [-0.25, -0.2) is 4.79 Å². The number of halogens is 1. The number of amides is 1. The van der Waals surface area contributed by atoms with E-state index in [-0.39, 0.29) is 23.7 Å². The molecule has 130 valence electrons. The van der Waals surface area contributed by atoms with Gasteiger partial charge in [0.05, 0.1) is 12.5 Å². The van der Waals surface area contributed by atoms with Gasteiger partial charge in [0.15, 0.2) is 0 Å². The molecule has 0 saturated heterocycles. The molecule has 2 aromatic rings. The SMILES string of the molecule is COC(=O)[C@H](CC(N)SC)NC(=O)c1cccc2ccccc12.Cl. The highest BCUT2D eigenvalue weighted by atomic mass is 35.5. The van der Waals surface area contributed by atoms with Crippen LogP contribution in [0.4, 0.5) is 0 Å². The summed E-state index contributed by atoms with van der Waals surface area (Å²) in [6.07, 6.45) is 2.16. The lowest BCUT2D eigenvalue weighted by Gasteiger charge is -2.19. The molecule has 1 unspecified atom stereocenters. The van der Waals surface area contributed by atoms with Crippen molar-refractivity contribution < 1.29 is 14.3 Å². The molecule has 2 atom stereocenters. The summed E-state index contributed by atoms with van der Waals surface area (Å²) >= 11 is 1.43. The van der Waals surface area contributed by atoms with Crippen LogP contribution in [0.15, 0.2) is 42.5 Å². The van der Waals surface area contributed by atoms with E-state index in [1.165, 1.54) is 18.9 Å². The van der Waals surface area contributed by atoms with Crippen LogP contribution in [-0.2, 0) is 9.53 Å². The molecule has 0 radical (unpaired) electrons. The van der Waals surface area contributed by atoms with E-state index in [4.69, 9.17) is 10.5 Å². The summed E-state index contributed by atoms with van der Waals surface area (Å²) < 4.78 is 4.76. The zero-order chi connectivity index (χ0) is 16.8. The third-order valence-corrected chi connectivity index (χ3v) is 4.39. The van der Waals surface area contributed by atoms with Gasteiger partial charge in [-0.15, -0.1) is 24.2 Å². The number of hydrogen-bond acceptors (Lipinski definition) is 5. The predicted molar refractivity (Wildman–Crippen MR) is 101 cm³/mol. The molecule has 0 aliphatic heterocycles. The lowest BCUT2D eigenvalue weighted by molar-refractivity contribution is -0.143. The van der Waals surface area contributed by atoms with Gasteiger partial charge < -0.3 is 15.8 Å². The maximum Gasteiger partial charge on any atom is 0.328 e. The summed E-state index contributed by atoms with van der Waals surface area (Å²) in [6, 6.07) is 12.3. The number of nitrogens with two attached hydrogens (primary N) is 1. The van der Waals surface area contributed by atoms with Crippen LogP contribution in [0.1, 0.15) is 16.8 Å². The molecule has 0 spiro atoms. The fraction of sp³-hybridized carbons (Fsp3) is 0.294. The van der Waals surface area contributed by atoms with Gasteiger partial charge in [-0.1, -0.05) is 36.4 Å². The zero-order valence-corrected chi connectivity index (χ0v) is 15.2. The van der Waals surface area contributed by atoms with Gasteiger partial charge >= 0.3 is 5.97 Å². The standard InChI is InChI=1S/C17H20N2O3S.ClH/c1-22-17(21)14(10-15(18)23-2)19-16(20)13-9-5-7-11-6-3-4-8-12(11)13;/h3-9,14-15H,10,18H2,1-2H3,(H,19,20);1H/t14-,15?;/m0./s1. The highest BCUT2D eigenvalue weighted by Gasteiger charge is 2.25. The average Bonchev–Trinajstić information content (AvgIpc) is 2.59. The number of esters is 1. The van der Waals surface area contributed by atoms with E-state index >= 15 is 0 Å². The molecule has 0 fully saturated rings. The van der Waals surface area contributed by atoms with Gasteiger partial charge in [0.2, 0.25) is 0 Å². The maximum atomic E-state index is 12.6. The highest BCUT2D eigenvalue weighted by Crippen LogP contribution is 2.19. The fourth-order valence-electron chi connectivity index (χ4n) is 2.34. The van der Waals surface area contributed by atoms with Crippen molar-refractivity contribution in [1.82, 2.24) is 5.32 Å². The van der Waals surface area contributed by atoms with E-state index in [1.807, 2.05) is 42.7 Å². The Kier molecular flexibility index (Phi) is 8.04. The van der Waals surface area contributed by atoms with Crippen molar-refractivity contribution >= 4 is 46.8 Å². The van der Waals surface area contributed by atoms with Crippen molar-refractivity contribution in [3.8, 4) is 0 Å². The molecule has 5 nitrogen and oxygen atoms in total. The van der Waals surface area contributed by atoms with Gasteiger partial charge in [-0.2, -0.15) is 0 Å². The molecule has 2 aromatic carbocycles. The van der Waals surface area contributed by atoms with E-state index in [2.05, 4.69) is 5.32 Å². The average molecular weight is 369 g/mol. The molecule has 0 saturated carbocycles. The Labute approximate surface area is 151 Å². The van der Waals surface area contributed by atoms with Gasteiger partial charge in [0.25, 0.3) is 5.91 Å². The summed E-state index contributed by atoms with van der Waals surface area (Å²) in [6.45, 7) is 0. The predicted octanol–water partition coefficient (Wildman–Crippen LogP) is 2.57. The van der Waals surface area contributed by atoms with Crippen molar-refractivity contribution in [2.45, 2.75) is 17.8 Å². The third kappa shape index (κ3) is 4.87. The highest BCUT2D eigenvalue weighted by molar-refractivity contribution is 7.99. The number of benzene rings is 2. The Morgan fingerprint density at radius 3 is 2.54 bits per heavy atom. The molecule has 2 rings (SSSR count). The first kappa shape index (κ1) is 20.3. The largest absolute Gasteiger partial charge is 0.467 e. The van der Waals surface area contributed by atoms with Crippen LogP contribution in [0.3, 0.4) is 0 Å². The molecule has 3 N–H and O–H groups in total. The van der Waals surface area contributed by atoms with Gasteiger partial charge in [-0.05, 0) is 23.1 Å². The molecular formula is C17H21ClN2O3S. The van der Waals surface area contributed by atoms with E-state index in [0.717, 1.165) is 10.8 Å². The van der Waals surface area contributed by atoms with Gasteiger partial charge in [-0.3, -0.25) is 4.79 Å².